The van der Waals surface area contributed by atoms with Crippen molar-refractivity contribution in [2.24, 2.45) is 0 Å². The first-order valence-electron chi connectivity index (χ1n) is 8.62. The van der Waals surface area contributed by atoms with E-state index in [9.17, 15) is 53.5 Å². The molecule has 0 radical (unpaired) electrons. The molecule has 34 heavy (non-hydrogen) atoms. The van der Waals surface area contributed by atoms with Gasteiger partial charge in [0.15, 0.2) is 46.5 Å². The Morgan fingerprint density at radius 2 is 0.618 bits per heavy atom. The van der Waals surface area contributed by atoms with Crippen LogP contribution in [0, 0.1) is 58.2 Å². The number of halogens is 10. The third-order valence-electron chi connectivity index (χ3n) is 4.27. The fourth-order valence-electron chi connectivity index (χ4n) is 2.63. The lowest BCUT2D eigenvalue weighted by Crippen LogP contribution is -2.20. The fraction of sp³-hybridized carbons (Fsp3) is 0. The standard InChI is InChI=1S/C20H6F10N2O2/c21-9-7(10(22)14(26)17(29)13(9)25)19(33)31-5-1-2-6(4-3-5)32-20(34)8-11(23)15(27)18(30)16(28)12(8)24/h1-4H,(H,31,33)(H,32,34). The molecular formula is C20H6F10N2O2. The summed E-state index contributed by atoms with van der Waals surface area (Å²) in [6, 6.07) is 3.66. The van der Waals surface area contributed by atoms with Gasteiger partial charge in [-0.15, -0.1) is 0 Å². The van der Waals surface area contributed by atoms with Crippen LogP contribution in [-0.4, -0.2) is 11.8 Å². The van der Waals surface area contributed by atoms with Crippen LogP contribution in [0.4, 0.5) is 55.3 Å². The Morgan fingerprint density at radius 3 is 0.853 bits per heavy atom. The summed E-state index contributed by atoms with van der Waals surface area (Å²) in [5.41, 5.74) is -4.16. The smallest absolute Gasteiger partial charge is 0.261 e. The molecule has 4 nitrogen and oxygen atoms in total. The van der Waals surface area contributed by atoms with E-state index in [0.29, 0.717) is 0 Å². The molecule has 178 valence electrons. The van der Waals surface area contributed by atoms with E-state index in [0.717, 1.165) is 24.3 Å². The Balaban J connectivity index is 1.81. The molecule has 0 aliphatic heterocycles. The summed E-state index contributed by atoms with van der Waals surface area (Å²) in [5, 5.41) is 3.63. The summed E-state index contributed by atoms with van der Waals surface area (Å²) >= 11 is 0. The van der Waals surface area contributed by atoms with Crippen LogP contribution in [0.3, 0.4) is 0 Å². The maximum absolute atomic E-state index is 13.7. The molecule has 0 fully saturated rings. The summed E-state index contributed by atoms with van der Waals surface area (Å²) in [5.74, 6) is -27.4. The number of amides is 2. The molecule has 0 saturated heterocycles. The summed E-state index contributed by atoms with van der Waals surface area (Å²) in [6.07, 6.45) is 0. The van der Waals surface area contributed by atoms with Crippen LogP contribution >= 0.6 is 0 Å². The van der Waals surface area contributed by atoms with Gasteiger partial charge in [-0.2, -0.15) is 0 Å². The van der Waals surface area contributed by atoms with Crippen LogP contribution < -0.4 is 10.6 Å². The Morgan fingerprint density at radius 1 is 0.412 bits per heavy atom. The zero-order chi connectivity index (χ0) is 25.5. The monoisotopic (exact) mass is 496 g/mol. The summed E-state index contributed by atoms with van der Waals surface area (Å²) in [4.78, 5) is 24.0. The molecule has 2 N–H and O–H groups in total. The third-order valence-corrected chi connectivity index (χ3v) is 4.27. The van der Waals surface area contributed by atoms with Crippen molar-refractivity contribution in [1.82, 2.24) is 0 Å². The SMILES string of the molecule is O=C(Nc1ccc(NC(=O)c2c(F)c(F)c(F)c(F)c2F)cc1)c1c(F)c(F)c(F)c(F)c1F. The molecule has 0 atom stereocenters. The van der Waals surface area contributed by atoms with Crippen LogP contribution in [0.2, 0.25) is 0 Å². The van der Waals surface area contributed by atoms with Gasteiger partial charge in [-0.25, -0.2) is 43.9 Å². The van der Waals surface area contributed by atoms with Crippen LogP contribution in [0.15, 0.2) is 24.3 Å². The Hall–Kier alpha value is -4.10. The van der Waals surface area contributed by atoms with Crippen LogP contribution in [-0.2, 0) is 0 Å². The first-order chi connectivity index (χ1) is 15.9. The van der Waals surface area contributed by atoms with Gasteiger partial charge in [0.05, 0.1) is 0 Å². The third kappa shape index (κ3) is 4.13. The van der Waals surface area contributed by atoms with Gasteiger partial charge in [-0.05, 0) is 24.3 Å². The largest absolute Gasteiger partial charge is 0.322 e. The zero-order valence-electron chi connectivity index (χ0n) is 15.9. The van der Waals surface area contributed by atoms with Gasteiger partial charge < -0.3 is 10.6 Å². The number of rotatable bonds is 4. The summed E-state index contributed by atoms with van der Waals surface area (Å²) in [7, 11) is 0. The number of carbonyl (C=O) groups excluding carboxylic acids is 2. The van der Waals surface area contributed by atoms with Crippen molar-refractivity contribution in [3.05, 3.63) is 93.6 Å². The Bertz CT molecular complexity index is 1180. The minimum Gasteiger partial charge on any atom is -0.322 e. The summed E-state index contributed by atoms with van der Waals surface area (Å²) < 4.78 is 134. The lowest BCUT2D eigenvalue weighted by Gasteiger charge is -2.11. The van der Waals surface area contributed by atoms with Crippen molar-refractivity contribution >= 4 is 23.2 Å². The minimum absolute atomic E-state index is 0.303. The highest BCUT2D eigenvalue weighted by Gasteiger charge is 2.31. The number of anilines is 2. The maximum atomic E-state index is 13.7. The Labute approximate surface area is 181 Å². The van der Waals surface area contributed by atoms with Crippen molar-refractivity contribution in [3.63, 3.8) is 0 Å². The van der Waals surface area contributed by atoms with Gasteiger partial charge in [-0.3, -0.25) is 9.59 Å². The van der Waals surface area contributed by atoms with E-state index in [1.807, 2.05) is 10.6 Å². The van der Waals surface area contributed by atoms with Gasteiger partial charge in [-0.1, -0.05) is 0 Å². The van der Waals surface area contributed by atoms with Gasteiger partial charge in [0, 0.05) is 11.4 Å². The molecule has 0 aliphatic carbocycles. The fourth-order valence-corrected chi connectivity index (χ4v) is 2.63. The lowest BCUT2D eigenvalue weighted by molar-refractivity contribution is 0.100. The average Bonchev–Trinajstić information content (AvgIpc) is 2.80. The molecule has 0 unspecified atom stereocenters. The predicted molar refractivity (Wildman–Crippen MR) is 94.8 cm³/mol. The normalized spacial score (nSPS) is 10.9. The first kappa shape index (κ1) is 24.5. The van der Waals surface area contributed by atoms with E-state index in [1.165, 1.54) is 0 Å². The number of hydrogen-bond donors (Lipinski definition) is 2. The van der Waals surface area contributed by atoms with E-state index < -0.39 is 81.1 Å². The van der Waals surface area contributed by atoms with Crippen molar-refractivity contribution in [2.75, 3.05) is 10.6 Å². The highest BCUT2D eigenvalue weighted by Crippen LogP contribution is 2.26. The van der Waals surface area contributed by atoms with Crippen molar-refractivity contribution in [1.29, 1.82) is 0 Å². The molecule has 0 bridgehead atoms. The van der Waals surface area contributed by atoms with Gasteiger partial charge >= 0.3 is 0 Å². The minimum atomic E-state index is -2.47. The first-order valence-corrected chi connectivity index (χ1v) is 8.62. The second-order valence-electron chi connectivity index (χ2n) is 6.38. The van der Waals surface area contributed by atoms with Gasteiger partial charge in [0.1, 0.15) is 11.1 Å². The van der Waals surface area contributed by atoms with Crippen molar-refractivity contribution < 1.29 is 53.5 Å². The molecule has 0 heterocycles. The van der Waals surface area contributed by atoms with Gasteiger partial charge in [0.25, 0.3) is 11.8 Å². The molecule has 3 aromatic rings. The van der Waals surface area contributed by atoms with E-state index in [-0.39, 0.29) is 11.4 Å². The highest BCUT2D eigenvalue weighted by atomic mass is 19.2. The summed E-state index contributed by atoms with van der Waals surface area (Å²) in [6.45, 7) is 0. The molecule has 2 amide bonds. The zero-order valence-corrected chi connectivity index (χ0v) is 15.9. The molecule has 0 spiro atoms. The van der Waals surface area contributed by atoms with Crippen molar-refractivity contribution in [3.8, 4) is 0 Å². The number of hydrogen-bond acceptors (Lipinski definition) is 2. The molecule has 0 aliphatic rings. The molecular weight excluding hydrogens is 490 g/mol. The topological polar surface area (TPSA) is 58.2 Å². The van der Waals surface area contributed by atoms with Crippen LogP contribution in [0.1, 0.15) is 20.7 Å². The molecule has 0 aromatic heterocycles. The van der Waals surface area contributed by atoms with Gasteiger partial charge in [0.2, 0.25) is 11.6 Å². The second kappa shape index (κ2) is 9.03. The quantitative estimate of drug-likeness (QED) is 0.282. The average molecular weight is 496 g/mol. The maximum Gasteiger partial charge on any atom is 0.261 e. The lowest BCUT2D eigenvalue weighted by atomic mass is 10.1. The number of nitrogens with one attached hydrogen (secondary N) is 2. The molecule has 0 saturated carbocycles. The van der Waals surface area contributed by atoms with E-state index in [1.54, 1.807) is 0 Å². The van der Waals surface area contributed by atoms with Crippen LogP contribution in [0.5, 0.6) is 0 Å². The van der Waals surface area contributed by atoms with E-state index >= 15 is 0 Å². The Kier molecular flexibility index (Phi) is 6.52. The molecule has 3 rings (SSSR count). The molecule has 14 heteroatoms. The highest BCUT2D eigenvalue weighted by molar-refractivity contribution is 6.06. The van der Waals surface area contributed by atoms with E-state index in [2.05, 4.69) is 0 Å². The predicted octanol–water partition coefficient (Wildman–Crippen LogP) is 5.58. The number of benzene rings is 3. The van der Waals surface area contributed by atoms with E-state index in [4.69, 9.17) is 0 Å². The molecule has 3 aromatic carbocycles. The number of carbonyl (C=O) groups is 2. The van der Waals surface area contributed by atoms with Crippen molar-refractivity contribution in [2.45, 2.75) is 0 Å². The van der Waals surface area contributed by atoms with Crippen LogP contribution in [0.25, 0.3) is 0 Å². The second-order valence-corrected chi connectivity index (χ2v) is 6.38.